The minimum atomic E-state index is -5.70. The van der Waals surface area contributed by atoms with Crippen molar-refractivity contribution < 1.29 is 66.6 Å². The fourth-order valence-electron chi connectivity index (χ4n) is 2.33. The summed E-state index contributed by atoms with van der Waals surface area (Å²) in [5.74, 6) is 0.00679. The second-order valence-corrected chi connectivity index (χ2v) is 10.1. The first-order chi connectivity index (χ1) is 13.6. The number of aliphatic hydroxyl groups excluding tert-OH is 2. The molecule has 0 radical (unpaired) electrons. The first-order valence-electron chi connectivity index (χ1n) is 7.58. The third-order valence-corrected chi connectivity index (χ3v) is 7.29. The monoisotopic (exact) mass is 497 g/mol. The van der Waals surface area contributed by atoms with Gasteiger partial charge in [-0.05, 0) is 6.08 Å². The third kappa shape index (κ3) is 6.75. The van der Waals surface area contributed by atoms with E-state index in [9.17, 15) is 28.8 Å². The summed E-state index contributed by atoms with van der Waals surface area (Å²) >= 11 is 0. The van der Waals surface area contributed by atoms with E-state index < -0.39 is 54.6 Å². The van der Waals surface area contributed by atoms with Gasteiger partial charge in [0.2, 0.25) is 0 Å². The summed E-state index contributed by atoms with van der Waals surface area (Å²) in [7, 11) is -16.7. The number of aliphatic hydroxyl groups is 2. The molecule has 0 spiro atoms. The number of nitrogens with one attached hydrogen (secondary N) is 1. The van der Waals surface area contributed by atoms with Crippen molar-refractivity contribution in [3.63, 3.8) is 0 Å². The molecule has 2 aliphatic heterocycles. The molecule has 6 atom stereocenters. The normalized spacial score (nSPS) is 31.2. The van der Waals surface area contributed by atoms with Crippen LogP contribution in [0.5, 0.6) is 0 Å². The van der Waals surface area contributed by atoms with Gasteiger partial charge in [-0.1, -0.05) is 6.58 Å². The van der Waals surface area contributed by atoms with Crippen molar-refractivity contribution in [3.05, 3.63) is 24.7 Å². The van der Waals surface area contributed by atoms with Crippen LogP contribution in [0.1, 0.15) is 0 Å². The Bertz CT molecular complexity index is 871. The lowest BCUT2D eigenvalue weighted by Crippen LogP contribution is -2.42. The molecule has 0 aromatic rings. The average molecular weight is 497 g/mol. The number of amidine groups is 1. The van der Waals surface area contributed by atoms with E-state index in [1.807, 2.05) is 0 Å². The molecule has 8 N–H and O–H groups in total. The number of rotatable bonds is 8. The molecule has 2 heterocycles. The number of aliphatic imine (C=N–C) groups is 1. The molecular formula is C10H18N3O14P3. The van der Waals surface area contributed by atoms with Crippen molar-refractivity contribution in [1.82, 2.24) is 10.4 Å². The van der Waals surface area contributed by atoms with Gasteiger partial charge in [-0.3, -0.25) is 15.2 Å². The molecule has 0 aliphatic carbocycles. The molecule has 0 aromatic carbocycles. The molecule has 0 bridgehead atoms. The van der Waals surface area contributed by atoms with Gasteiger partial charge in [-0.15, -0.1) is 0 Å². The Hall–Kier alpha value is -1.00. The molecule has 17 nitrogen and oxygen atoms in total. The van der Waals surface area contributed by atoms with Crippen LogP contribution in [0.3, 0.4) is 0 Å². The highest BCUT2D eigenvalue weighted by Crippen LogP contribution is 2.66. The Morgan fingerprint density at radius 3 is 2.30 bits per heavy atom. The number of phosphoric acid groups is 3. The van der Waals surface area contributed by atoms with Crippen LogP contribution in [-0.4, -0.2) is 76.9 Å². The van der Waals surface area contributed by atoms with Gasteiger partial charge in [0.25, 0.3) is 0 Å². The van der Waals surface area contributed by atoms with Gasteiger partial charge in [0.15, 0.2) is 12.1 Å². The first-order valence-corrected chi connectivity index (χ1v) is 12.1. The number of nitrogens with zero attached hydrogens (tertiary/aromatic N) is 2. The lowest BCUT2D eigenvalue weighted by molar-refractivity contribution is -0.0685. The fraction of sp³-hybridized carbons (Fsp3) is 0.500. The molecule has 0 amide bonds. The van der Waals surface area contributed by atoms with E-state index in [1.54, 1.807) is 5.48 Å². The van der Waals surface area contributed by atoms with Crippen LogP contribution in [-0.2, 0) is 31.6 Å². The summed E-state index contributed by atoms with van der Waals surface area (Å²) in [6, 6.07) is 0. The van der Waals surface area contributed by atoms with Crippen LogP contribution in [0.25, 0.3) is 0 Å². The van der Waals surface area contributed by atoms with E-state index in [1.165, 1.54) is 17.2 Å². The van der Waals surface area contributed by atoms with Crippen molar-refractivity contribution in [2.24, 2.45) is 4.99 Å². The van der Waals surface area contributed by atoms with Crippen LogP contribution in [0, 0.1) is 0 Å². The van der Waals surface area contributed by atoms with Crippen molar-refractivity contribution in [1.29, 1.82) is 0 Å². The highest BCUT2D eigenvalue weighted by molar-refractivity contribution is 7.66. The third-order valence-electron chi connectivity index (χ3n) is 3.48. The highest BCUT2D eigenvalue weighted by Gasteiger charge is 2.48. The molecular weight excluding hydrogens is 479 g/mol. The largest absolute Gasteiger partial charge is 0.490 e. The molecule has 2 unspecified atom stereocenters. The first kappa shape index (κ1) is 25.3. The second-order valence-electron chi connectivity index (χ2n) is 5.68. The smallest absolute Gasteiger partial charge is 0.387 e. The molecule has 2 aliphatic rings. The summed E-state index contributed by atoms with van der Waals surface area (Å²) in [4.78, 5) is 40.4. The van der Waals surface area contributed by atoms with Gasteiger partial charge in [0, 0.05) is 6.20 Å². The quantitative estimate of drug-likeness (QED) is 0.139. The van der Waals surface area contributed by atoms with Crippen LogP contribution >= 0.6 is 23.5 Å². The molecule has 20 heteroatoms. The number of hydrogen-bond acceptors (Lipinski definition) is 13. The summed E-state index contributed by atoms with van der Waals surface area (Å²) in [5, 5.41) is 29.0. The maximum absolute atomic E-state index is 11.7. The molecule has 0 saturated carbocycles. The van der Waals surface area contributed by atoms with E-state index in [0.29, 0.717) is 0 Å². The molecule has 1 saturated heterocycles. The molecule has 1 fully saturated rings. The minimum absolute atomic E-state index is 0.0150. The van der Waals surface area contributed by atoms with E-state index in [4.69, 9.17) is 24.6 Å². The standard InChI is InChI=1S/C10H18N3O14P3/c1-5-11-7(12-16)2-3-13(5)10-9(15)8(14)6(25-10)4-24-29(20,21)27-30(22,23)26-28(17,18)19/h2-3,6,8-10,14-16H,1,4H2,(H,11,12)(H,20,21)(H,22,23)(H2,17,18,19)/t6-,8-,9-,10-/m1/s1. The van der Waals surface area contributed by atoms with E-state index in [2.05, 4.69) is 24.7 Å². The van der Waals surface area contributed by atoms with Crippen LogP contribution in [0.4, 0.5) is 0 Å². The number of ether oxygens (including phenoxy) is 1. The van der Waals surface area contributed by atoms with Crippen molar-refractivity contribution in [3.8, 4) is 0 Å². The summed E-state index contributed by atoms with van der Waals surface area (Å²) in [6.07, 6.45) is -3.46. The number of hydroxylamine groups is 1. The Morgan fingerprint density at radius 1 is 1.13 bits per heavy atom. The predicted octanol–water partition coefficient (Wildman–Crippen LogP) is -1.55. The number of phosphoric ester groups is 1. The van der Waals surface area contributed by atoms with Gasteiger partial charge in [-0.2, -0.15) is 8.62 Å². The summed E-state index contributed by atoms with van der Waals surface area (Å²) in [6.45, 7) is 2.61. The second kappa shape index (κ2) is 9.24. The maximum atomic E-state index is 11.7. The van der Waals surface area contributed by atoms with Gasteiger partial charge < -0.3 is 39.4 Å². The Kier molecular flexibility index (Phi) is 7.78. The Labute approximate surface area is 167 Å². The highest BCUT2D eigenvalue weighted by atomic mass is 31.3. The zero-order chi connectivity index (χ0) is 22.9. The predicted molar refractivity (Wildman–Crippen MR) is 93.0 cm³/mol. The SMILES string of the molecule is C=C1N=C(NO)C=CN1[C@@H]1O[C@H](COP(=O)(O)OP(=O)(O)OP(=O)(O)O)[C@@H](O)[C@H]1O. The summed E-state index contributed by atoms with van der Waals surface area (Å²) in [5.41, 5.74) is 1.77. The van der Waals surface area contributed by atoms with Gasteiger partial charge in [0.1, 0.15) is 24.1 Å². The zero-order valence-corrected chi connectivity index (χ0v) is 17.3. The van der Waals surface area contributed by atoms with E-state index in [-0.39, 0.29) is 11.7 Å². The lowest BCUT2D eigenvalue weighted by Gasteiger charge is -2.30. The molecule has 2 rings (SSSR count). The van der Waals surface area contributed by atoms with Crippen molar-refractivity contribution >= 4 is 29.3 Å². The molecule has 172 valence electrons. The minimum Gasteiger partial charge on any atom is -0.387 e. The lowest BCUT2D eigenvalue weighted by atomic mass is 10.1. The molecule has 0 aromatic heterocycles. The van der Waals surface area contributed by atoms with Crippen LogP contribution in [0.15, 0.2) is 29.7 Å². The van der Waals surface area contributed by atoms with Gasteiger partial charge in [0.05, 0.1) is 6.61 Å². The van der Waals surface area contributed by atoms with E-state index >= 15 is 0 Å². The molecule has 30 heavy (non-hydrogen) atoms. The summed E-state index contributed by atoms with van der Waals surface area (Å²) < 4.78 is 50.4. The van der Waals surface area contributed by atoms with Crippen LogP contribution in [0.2, 0.25) is 0 Å². The fourth-order valence-corrected chi connectivity index (χ4v) is 5.36. The average Bonchev–Trinajstić information content (AvgIpc) is 2.85. The van der Waals surface area contributed by atoms with Gasteiger partial charge >= 0.3 is 23.5 Å². The number of hydrogen-bond donors (Lipinski definition) is 8. The van der Waals surface area contributed by atoms with Gasteiger partial charge in [-0.25, -0.2) is 18.7 Å². The van der Waals surface area contributed by atoms with Crippen molar-refractivity contribution in [2.45, 2.75) is 24.5 Å². The Morgan fingerprint density at radius 2 is 1.77 bits per heavy atom. The zero-order valence-electron chi connectivity index (χ0n) is 14.6. The Balaban J connectivity index is 1.99. The van der Waals surface area contributed by atoms with Crippen molar-refractivity contribution in [2.75, 3.05) is 6.61 Å². The van der Waals surface area contributed by atoms with Crippen LogP contribution < -0.4 is 5.48 Å². The van der Waals surface area contributed by atoms with E-state index in [0.717, 1.165) is 0 Å². The topological polar surface area (TPSA) is 257 Å². The maximum Gasteiger partial charge on any atom is 0.490 e.